The molecule has 1 aliphatic rings. The molecule has 0 amide bonds. The van der Waals surface area contributed by atoms with E-state index in [2.05, 4.69) is 264 Å². The third-order valence-corrected chi connectivity index (χ3v) is 13.5. The minimum Gasteiger partial charge on any atom is -0.509 e. The van der Waals surface area contributed by atoms with E-state index in [0.717, 1.165) is 44.6 Å². The van der Waals surface area contributed by atoms with Crippen LogP contribution < -0.4 is 14.5 Å². The second-order valence-electron chi connectivity index (χ2n) is 23.2. The van der Waals surface area contributed by atoms with Gasteiger partial charge in [0.1, 0.15) is 5.82 Å². The molecule has 0 unspecified atom stereocenters. The van der Waals surface area contributed by atoms with E-state index in [1.807, 2.05) is 12.3 Å². The predicted octanol–water partition coefficient (Wildman–Crippen LogP) is 16.9. The Kier molecular flexibility index (Phi) is 13.0. The van der Waals surface area contributed by atoms with Crippen LogP contribution in [-0.4, -0.2) is 9.55 Å². The summed E-state index contributed by atoms with van der Waals surface area (Å²) in [5, 5.41) is 2.22. The van der Waals surface area contributed by atoms with Crippen LogP contribution in [0.4, 0.5) is 11.4 Å². The SMILES string of the molecule is CC(C)(C)C1=C(C(C)(C)C)N(c2cc(-c3ccccc3)cc(C(C)(C)C)c2)[CH-]N1c1[c-]c(Oc2[c-]c3c(cc2)c2ccccc2n3-c2cc(C(C)(C)c3ccccc3)ccn2)cc(C(C)(C)C)c1.[Pt]. The minimum absolute atomic E-state index is 0. The molecule has 9 rings (SSSR count). The van der Waals surface area contributed by atoms with Gasteiger partial charge in [-0.15, -0.1) is 53.6 Å². The van der Waals surface area contributed by atoms with Gasteiger partial charge in [-0.2, -0.15) is 6.07 Å². The largest absolute Gasteiger partial charge is 0.509 e. The van der Waals surface area contributed by atoms with Crippen LogP contribution in [0, 0.1) is 29.6 Å². The number of allylic oxidation sites excluding steroid dienone is 2. The molecule has 69 heavy (non-hydrogen) atoms. The average molecular weight is 1090 g/mol. The van der Waals surface area contributed by atoms with Crippen molar-refractivity contribution >= 4 is 33.2 Å². The monoisotopic (exact) mass is 1090 g/mol. The van der Waals surface area contributed by atoms with Gasteiger partial charge in [-0.1, -0.05) is 187 Å². The third kappa shape index (κ3) is 9.70. The smallest absolute Gasteiger partial charge is 0.135 e. The molecule has 0 radical (unpaired) electrons. The van der Waals surface area contributed by atoms with Gasteiger partial charge in [0.25, 0.3) is 0 Å². The van der Waals surface area contributed by atoms with Gasteiger partial charge in [-0.25, -0.2) is 4.98 Å². The van der Waals surface area contributed by atoms with Crippen molar-refractivity contribution in [2.75, 3.05) is 9.80 Å². The fourth-order valence-electron chi connectivity index (χ4n) is 9.64. The molecular formula is C63H67N4OPt-3. The van der Waals surface area contributed by atoms with E-state index >= 15 is 0 Å². The Balaban J connectivity index is 0.00000642. The van der Waals surface area contributed by atoms with Crippen molar-refractivity contribution in [3.63, 3.8) is 0 Å². The Labute approximate surface area is 426 Å². The number of fused-ring (bicyclic) bond motifs is 3. The molecule has 0 spiro atoms. The molecular weight excluding hydrogens is 1020 g/mol. The molecule has 6 heteroatoms. The van der Waals surface area contributed by atoms with Gasteiger partial charge in [-0.3, -0.25) is 0 Å². The summed E-state index contributed by atoms with van der Waals surface area (Å²) in [6.07, 6.45) is 1.93. The zero-order chi connectivity index (χ0) is 48.6. The van der Waals surface area contributed by atoms with Gasteiger partial charge in [0.2, 0.25) is 0 Å². The standard InChI is InChI=1S/C63H67N4O.Pt/c1-59(2,3)46-33-43(42-23-17-15-18-24-42)34-48(35-46)65-41-66(58(62(10,11)12)57(65)61(7,8)9)49-36-47(60(4,5)6)37-51(39-49)68-50-29-30-53-52-27-21-22-28-54(52)67(55(53)40-50)56-38-45(31-32-64-56)63(13,14)44-25-19-16-20-26-44;/h15-38,41H,1-14H3;/q-3;. The molecule has 0 saturated carbocycles. The first-order chi connectivity index (χ1) is 32.0. The van der Waals surface area contributed by atoms with E-state index in [4.69, 9.17) is 9.72 Å². The van der Waals surface area contributed by atoms with E-state index in [-0.39, 0.29) is 48.1 Å². The van der Waals surface area contributed by atoms with Crippen molar-refractivity contribution in [1.29, 1.82) is 0 Å². The number of benzene rings is 6. The first-order valence-corrected chi connectivity index (χ1v) is 24.1. The summed E-state index contributed by atoms with van der Waals surface area (Å²) >= 11 is 0. The summed E-state index contributed by atoms with van der Waals surface area (Å²) in [5.74, 6) is 2.08. The second kappa shape index (κ2) is 18.1. The van der Waals surface area contributed by atoms with Crippen LogP contribution in [0.1, 0.15) is 119 Å². The number of hydrogen-bond donors (Lipinski definition) is 0. The predicted molar refractivity (Wildman–Crippen MR) is 286 cm³/mol. The number of ether oxygens (including phenoxy) is 1. The number of rotatable bonds is 8. The average Bonchev–Trinajstić information content (AvgIpc) is 3.87. The van der Waals surface area contributed by atoms with Crippen molar-refractivity contribution in [1.82, 2.24) is 9.55 Å². The van der Waals surface area contributed by atoms with Crippen LogP contribution in [0.25, 0.3) is 38.8 Å². The number of nitrogens with zero attached hydrogens (tertiary/aromatic N) is 4. The first-order valence-electron chi connectivity index (χ1n) is 24.1. The summed E-state index contributed by atoms with van der Waals surface area (Å²) < 4.78 is 9.20. The molecule has 358 valence electrons. The van der Waals surface area contributed by atoms with Crippen LogP contribution in [0.3, 0.4) is 0 Å². The van der Waals surface area contributed by atoms with Crippen molar-refractivity contribution in [2.45, 2.75) is 113 Å². The van der Waals surface area contributed by atoms with Gasteiger partial charge in [-0.05, 0) is 74.4 Å². The van der Waals surface area contributed by atoms with Gasteiger partial charge >= 0.3 is 0 Å². The minimum atomic E-state index is -0.238. The summed E-state index contributed by atoms with van der Waals surface area (Å²) in [6, 6.07) is 57.5. The van der Waals surface area contributed by atoms with Crippen molar-refractivity contribution in [2.24, 2.45) is 10.8 Å². The van der Waals surface area contributed by atoms with Crippen LogP contribution in [0.15, 0.2) is 157 Å². The molecule has 0 bridgehead atoms. The number of anilines is 2. The number of pyridine rings is 1. The molecule has 0 N–H and O–H groups in total. The molecule has 2 aromatic heterocycles. The molecule has 0 saturated heterocycles. The van der Waals surface area contributed by atoms with Crippen LogP contribution in [-0.2, 0) is 37.3 Å². The van der Waals surface area contributed by atoms with E-state index in [0.29, 0.717) is 11.5 Å². The number of hydrogen-bond acceptors (Lipinski definition) is 4. The fourth-order valence-corrected chi connectivity index (χ4v) is 9.64. The topological polar surface area (TPSA) is 33.5 Å². The number of para-hydroxylation sites is 1. The maximum atomic E-state index is 6.97. The van der Waals surface area contributed by atoms with Gasteiger partial charge in [0, 0.05) is 77.6 Å². The maximum absolute atomic E-state index is 6.97. The maximum Gasteiger partial charge on any atom is 0.135 e. The Morgan fingerprint density at radius 2 is 1.09 bits per heavy atom. The summed E-state index contributed by atoms with van der Waals surface area (Å²) in [4.78, 5) is 9.80. The number of aromatic nitrogens is 2. The van der Waals surface area contributed by atoms with Crippen molar-refractivity contribution in [3.05, 3.63) is 198 Å². The zero-order valence-corrected chi connectivity index (χ0v) is 45.2. The zero-order valence-electron chi connectivity index (χ0n) is 42.9. The molecule has 0 atom stereocenters. The molecule has 0 fully saturated rings. The normalized spacial score (nSPS) is 13.9. The molecule has 3 heterocycles. The van der Waals surface area contributed by atoms with Crippen LogP contribution in [0.5, 0.6) is 11.5 Å². The van der Waals surface area contributed by atoms with Gasteiger partial charge in [0.05, 0.1) is 0 Å². The van der Waals surface area contributed by atoms with Crippen molar-refractivity contribution < 1.29 is 25.8 Å². The van der Waals surface area contributed by atoms with Crippen molar-refractivity contribution in [3.8, 4) is 28.4 Å². The molecule has 1 aliphatic heterocycles. The van der Waals surface area contributed by atoms with Gasteiger partial charge in [0.15, 0.2) is 0 Å². The second-order valence-corrected chi connectivity index (χ2v) is 23.2. The van der Waals surface area contributed by atoms with Crippen LogP contribution in [0.2, 0.25) is 0 Å². The van der Waals surface area contributed by atoms with E-state index in [9.17, 15) is 0 Å². The molecule has 8 aromatic rings. The Morgan fingerprint density at radius 3 is 1.74 bits per heavy atom. The summed E-state index contributed by atoms with van der Waals surface area (Å²) in [5.41, 5.74) is 12.9. The molecule has 0 aliphatic carbocycles. The summed E-state index contributed by atoms with van der Waals surface area (Å²) in [6.45, 7) is 34.5. The Morgan fingerprint density at radius 1 is 0.478 bits per heavy atom. The van der Waals surface area contributed by atoms with Crippen LogP contribution >= 0.6 is 0 Å². The van der Waals surface area contributed by atoms with E-state index in [1.54, 1.807) is 0 Å². The first kappa shape index (κ1) is 49.5. The van der Waals surface area contributed by atoms with E-state index < -0.39 is 0 Å². The van der Waals surface area contributed by atoms with E-state index in [1.165, 1.54) is 39.2 Å². The summed E-state index contributed by atoms with van der Waals surface area (Å²) in [7, 11) is 0. The fraction of sp³-hybridized carbons (Fsp3) is 0.302. The Bertz CT molecular complexity index is 3190. The molecule has 5 nitrogen and oxygen atoms in total. The third-order valence-electron chi connectivity index (χ3n) is 13.5. The Hall–Kier alpha value is -5.90. The quantitative estimate of drug-likeness (QED) is 0.142. The molecule has 6 aromatic carbocycles. The van der Waals surface area contributed by atoms with Gasteiger partial charge < -0.3 is 19.1 Å².